The Balaban J connectivity index is 0.679. The number of H-pyrrole nitrogens is 1. The molecule has 24 heteroatoms. The number of amides is 2. The first-order valence-corrected chi connectivity index (χ1v) is 27.0. The van der Waals surface area contributed by atoms with Crippen LogP contribution < -0.4 is 33.0 Å². The highest BCUT2D eigenvalue weighted by molar-refractivity contribution is 6.06. The van der Waals surface area contributed by atoms with Crippen LogP contribution >= 0.6 is 0 Å². The maximum atomic E-state index is 12.8. The molecule has 24 nitrogen and oxygen atoms in total. The lowest BCUT2D eigenvalue weighted by Crippen LogP contribution is -2.40. The molecule has 1 unspecified atom stereocenters. The molecule has 0 aliphatic rings. The number of anilines is 3. The predicted octanol–water partition coefficient (Wildman–Crippen LogP) is 4.82. The third-order valence-electron chi connectivity index (χ3n) is 12.4. The highest BCUT2D eigenvalue weighted by Gasteiger charge is 2.25. The van der Waals surface area contributed by atoms with Gasteiger partial charge in [-0.05, 0) is 62.4 Å². The Kier molecular flexibility index (Phi) is 25.5. The van der Waals surface area contributed by atoms with Crippen molar-refractivity contribution in [3.8, 4) is 0 Å². The number of hydrogen-bond acceptors (Lipinski definition) is 19. The van der Waals surface area contributed by atoms with E-state index < -0.39 is 23.5 Å². The Morgan fingerprint density at radius 1 is 0.747 bits per heavy atom. The number of ether oxygens (including phenoxy) is 7. The number of carboxylic acid groups (broad SMARTS) is 1. The van der Waals surface area contributed by atoms with E-state index in [2.05, 4.69) is 72.3 Å². The lowest BCUT2D eigenvalue weighted by atomic mass is 9.94. The van der Waals surface area contributed by atoms with Crippen molar-refractivity contribution < 1.29 is 52.6 Å². The first-order valence-electron chi connectivity index (χ1n) is 27.0. The summed E-state index contributed by atoms with van der Waals surface area (Å²) in [6, 6.07) is 13.5. The minimum Gasteiger partial charge on any atom is -0.480 e. The zero-order valence-corrected chi connectivity index (χ0v) is 45.7. The molecule has 9 N–H and O–H groups in total. The zero-order chi connectivity index (χ0) is 56.2. The van der Waals surface area contributed by atoms with E-state index in [1.807, 2.05) is 18.2 Å². The second kappa shape index (κ2) is 32.8. The van der Waals surface area contributed by atoms with Crippen LogP contribution in [0.5, 0.6) is 0 Å². The van der Waals surface area contributed by atoms with E-state index >= 15 is 0 Å². The molecule has 4 heterocycles. The van der Waals surface area contributed by atoms with Gasteiger partial charge in [0.15, 0.2) is 17.0 Å². The highest BCUT2D eigenvalue weighted by Crippen LogP contribution is 2.32. The van der Waals surface area contributed by atoms with Crippen LogP contribution in [0.25, 0.3) is 33.1 Å². The summed E-state index contributed by atoms with van der Waals surface area (Å²) in [5.41, 5.74) is 15.6. The molecule has 1 atom stereocenters. The lowest BCUT2D eigenvalue weighted by molar-refractivity contribution is -0.139. The average molecular weight is 1100 g/mol. The van der Waals surface area contributed by atoms with Gasteiger partial charge in [-0.25, -0.2) is 24.7 Å². The van der Waals surface area contributed by atoms with Crippen LogP contribution in [0.3, 0.4) is 0 Å². The van der Waals surface area contributed by atoms with E-state index in [1.54, 1.807) is 24.3 Å². The van der Waals surface area contributed by atoms with Gasteiger partial charge in [-0.1, -0.05) is 45.4 Å². The van der Waals surface area contributed by atoms with Gasteiger partial charge >= 0.3 is 5.97 Å². The fourth-order valence-electron chi connectivity index (χ4n) is 8.33. The molecule has 79 heavy (non-hydrogen) atoms. The molecule has 0 fully saturated rings. The van der Waals surface area contributed by atoms with Crippen molar-refractivity contribution in [1.82, 2.24) is 45.1 Å². The lowest BCUT2D eigenvalue weighted by Gasteiger charge is -2.26. The van der Waals surface area contributed by atoms with Crippen molar-refractivity contribution in [2.75, 3.05) is 116 Å². The fourth-order valence-corrected chi connectivity index (χ4v) is 8.33. The minimum atomic E-state index is -1.15. The van der Waals surface area contributed by atoms with Gasteiger partial charge in [-0.3, -0.25) is 19.4 Å². The molecule has 0 bridgehead atoms. The van der Waals surface area contributed by atoms with Crippen LogP contribution in [0.15, 0.2) is 59.5 Å². The number of nitrogens with one attached hydrogen (secondary N) is 4. The quantitative estimate of drug-likeness (QED) is 0.0254. The average Bonchev–Trinajstić information content (AvgIpc) is 3.86. The van der Waals surface area contributed by atoms with E-state index in [4.69, 9.17) is 49.6 Å². The van der Waals surface area contributed by atoms with Gasteiger partial charge < -0.3 is 70.2 Å². The van der Waals surface area contributed by atoms with E-state index in [0.717, 1.165) is 60.0 Å². The Hall–Kier alpha value is -6.93. The number of nitrogens with two attached hydrogens (primary N) is 2. The van der Waals surface area contributed by atoms with E-state index in [0.29, 0.717) is 122 Å². The van der Waals surface area contributed by atoms with Gasteiger partial charge in [-0.2, -0.15) is 4.98 Å². The maximum Gasteiger partial charge on any atom is 0.326 e. The molecule has 6 rings (SSSR count). The Labute approximate surface area is 459 Å². The van der Waals surface area contributed by atoms with Gasteiger partial charge in [0.05, 0.1) is 109 Å². The largest absolute Gasteiger partial charge is 0.480 e. The molecule has 430 valence electrons. The Morgan fingerprint density at radius 3 is 2.06 bits per heavy atom. The molecular formula is C55H78N12O12. The topological polar surface area (TPSA) is 326 Å². The van der Waals surface area contributed by atoms with Gasteiger partial charge in [0.25, 0.3) is 11.5 Å². The monoisotopic (exact) mass is 1100 g/mol. The van der Waals surface area contributed by atoms with Crippen molar-refractivity contribution >= 4 is 68.3 Å². The highest BCUT2D eigenvalue weighted by atomic mass is 16.6. The third kappa shape index (κ3) is 20.7. The van der Waals surface area contributed by atoms with E-state index in [-0.39, 0.29) is 60.0 Å². The van der Waals surface area contributed by atoms with Crippen molar-refractivity contribution in [3.05, 3.63) is 82.2 Å². The summed E-state index contributed by atoms with van der Waals surface area (Å²) in [4.78, 5) is 73.5. The molecule has 0 spiro atoms. The molecule has 0 radical (unpaired) electrons. The van der Waals surface area contributed by atoms with Gasteiger partial charge in [0.1, 0.15) is 17.4 Å². The number of carbonyl (C=O) groups excluding carboxylic acids is 2. The van der Waals surface area contributed by atoms with Gasteiger partial charge in [0, 0.05) is 61.2 Å². The summed E-state index contributed by atoms with van der Waals surface area (Å²) in [6.07, 6.45) is 6.63. The first-order chi connectivity index (χ1) is 38.3. The van der Waals surface area contributed by atoms with Crippen LogP contribution in [0.2, 0.25) is 0 Å². The van der Waals surface area contributed by atoms with Crippen LogP contribution in [0, 0.1) is 5.41 Å². The second-order valence-corrected chi connectivity index (χ2v) is 19.5. The van der Waals surface area contributed by atoms with Crippen molar-refractivity contribution in [3.63, 3.8) is 0 Å². The number of fused-ring (bicyclic) bond motifs is 4. The number of aromatic nitrogens is 7. The fraction of sp³-hybridized carbons (Fsp3) is 0.545. The SMILES string of the molecule is CCCCc1nc2c(N)nc3ccccc3c2n1CC(C)(C)COCCCOCCOCCOCCOCCOCCOCCC(=O)NCCCCC(NC(=O)c1ccc(NCc2cnc3nc(N)[nH]c(=O)c3n2)cc1)C(=O)O. The summed E-state index contributed by atoms with van der Waals surface area (Å²) >= 11 is 0. The van der Waals surface area contributed by atoms with Crippen molar-refractivity contribution in [1.29, 1.82) is 0 Å². The molecule has 0 saturated carbocycles. The summed E-state index contributed by atoms with van der Waals surface area (Å²) < 4.78 is 42.0. The first kappa shape index (κ1) is 61.3. The number of carbonyl (C=O) groups is 3. The molecule has 2 amide bonds. The number of imidazole rings is 1. The number of carboxylic acids is 1. The number of pyridine rings is 1. The molecule has 0 saturated heterocycles. The molecule has 2 aromatic carbocycles. The second-order valence-electron chi connectivity index (χ2n) is 19.5. The summed E-state index contributed by atoms with van der Waals surface area (Å²) in [6.45, 7) is 14.3. The Bertz CT molecular complexity index is 2900. The van der Waals surface area contributed by atoms with Gasteiger partial charge in [0.2, 0.25) is 11.9 Å². The Morgan fingerprint density at radius 2 is 1.39 bits per heavy atom. The number of aliphatic carboxylic acids is 1. The number of aromatic amines is 1. The molecule has 4 aromatic heterocycles. The normalized spacial score (nSPS) is 12.1. The zero-order valence-electron chi connectivity index (χ0n) is 45.7. The number of unbranched alkanes of at least 4 members (excludes halogenated alkanes) is 2. The number of para-hydroxylation sites is 1. The number of nitrogen functional groups attached to an aromatic ring is 2. The number of nitrogens with zero attached hydrogens (tertiary/aromatic N) is 6. The number of rotatable bonds is 40. The molecular weight excluding hydrogens is 1020 g/mol. The molecule has 6 aromatic rings. The van der Waals surface area contributed by atoms with Crippen LogP contribution in [-0.2, 0) is 62.3 Å². The number of aryl methyl sites for hydroxylation is 1. The summed E-state index contributed by atoms with van der Waals surface area (Å²) in [5, 5.41) is 19.3. The van der Waals surface area contributed by atoms with E-state index in [1.165, 1.54) is 6.20 Å². The molecule has 0 aliphatic heterocycles. The van der Waals surface area contributed by atoms with Crippen molar-refractivity contribution in [2.24, 2.45) is 5.41 Å². The summed E-state index contributed by atoms with van der Waals surface area (Å²) in [7, 11) is 0. The standard InChI is InChI=1S/C55H78N12O12/c1-4-5-14-44-64-46-48(41-11-6-7-12-42(41)62-49(46)56)67(44)36-55(2,3)37-79-22-10-21-73-24-26-75-28-30-77-32-33-78-31-29-76-27-25-74-23-19-45(68)58-20-9-8-13-43(53(71)72)63-51(69)38-15-17-39(18-16-38)59-34-40-35-60-50-47(61-40)52(70)66-54(57)65-50/h6-7,11-12,15-18,35,43,59H,4-5,8-10,13-14,19-34,36-37H2,1-3H3,(H2,56,62)(H,58,68)(H,63,69)(H,71,72)(H3,57,60,65,66,70). The van der Waals surface area contributed by atoms with Crippen LogP contribution in [0.4, 0.5) is 17.5 Å². The minimum absolute atomic E-state index is 0.0506. The van der Waals surface area contributed by atoms with E-state index in [9.17, 15) is 24.3 Å². The van der Waals surface area contributed by atoms with Crippen molar-refractivity contribution in [2.45, 2.75) is 91.3 Å². The third-order valence-corrected chi connectivity index (χ3v) is 12.4. The molecule has 0 aliphatic carbocycles. The smallest absolute Gasteiger partial charge is 0.326 e. The number of hydrogen-bond donors (Lipinski definition) is 7. The maximum absolute atomic E-state index is 12.8. The summed E-state index contributed by atoms with van der Waals surface area (Å²) in [5.74, 6) is -0.419. The van der Waals surface area contributed by atoms with Gasteiger partial charge in [-0.15, -0.1) is 0 Å². The van der Waals surface area contributed by atoms with Crippen LogP contribution in [0.1, 0.15) is 87.6 Å². The predicted molar refractivity (Wildman–Crippen MR) is 299 cm³/mol. The number of benzene rings is 2. The van der Waals surface area contributed by atoms with Crippen LogP contribution in [-0.4, -0.2) is 162 Å².